The van der Waals surface area contributed by atoms with E-state index in [-0.39, 0.29) is 0 Å². The molecule has 0 aromatic heterocycles. The van der Waals surface area contributed by atoms with Crippen LogP contribution in [0.5, 0.6) is 0 Å². The van der Waals surface area contributed by atoms with Crippen LogP contribution < -0.4 is 5.32 Å². The van der Waals surface area contributed by atoms with Gasteiger partial charge in [-0.3, -0.25) is 0 Å². The predicted molar refractivity (Wildman–Crippen MR) is 83.1 cm³/mol. The lowest BCUT2D eigenvalue weighted by Crippen LogP contribution is -2.44. The zero-order valence-electron chi connectivity index (χ0n) is 12.6. The van der Waals surface area contributed by atoms with Crippen molar-refractivity contribution in [1.29, 1.82) is 0 Å². The number of fused-ring (bicyclic) bond motifs is 1. The van der Waals surface area contributed by atoms with Gasteiger partial charge in [-0.15, -0.1) is 0 Å². The van der Waals surface area contributed by atoms with Crippen molar-refractivity contribution in [1.82, 2.24) is 5.32 Å². The van der Waals surface area contributed by atoms with Gasteiger partial charge in [0.05, 0.1) is 0 Å². The molecule has 0 spiro atoms. The van der Waals surface area contributed by atoms with Crippen LogP contribution >= 0.6 is 0 Å². The molecule has 20 heavy (non-hydrogen) atoms. The van der Waals surface area contributed by atoms with E-state index in [1.165, 1.54) is 32.1 Å². The lowest BCUT2D eigenvalue weighted by atomic mass is 9.73. The second-order valence-corrected chi connectivity index (χ2v) is 6.23. The highest BCUT2D eigenvalue weighted by molar-refractivity contribution is 5.34. The minimum atomic E-state index is 0.630. The van der Waals surface area contributed by atoms with E-state index in [0.29, 0.717) is 12.0 Å². The van der Waals surface area contributed by atoms with Crippen LogP contribution in [0.3, 0.4) is 0 Å². The quantitative estimate of drug-likeness (QED) is 0.906. The fourth-order valence-electron chi connectivity index (χ4n) is 4.11. The summed E-state index contributed by atoms with van der Waals surface area (Å²) in [6.45, 7) is 5.20. The molecule has 3 rings (SSSR count). The van der Waals surface area contributed by atoms with Gasteiger partial charge in [-0.25, -0.2) is 0 Å². The van der Waals surface area contributed by atoms with Gasteiger partial charge in [0.2, 0.25) is 0 Å². The van der Waals surface area contributed by atoms with Gasteiger partial charge in [0.1, 0.15) is 0 Å². The summed E-state index contributed by atoms with van der Waals surface area (Å²) in [6.07, 6.45) is 6.38. The van der Waals surface area contributed by atoms with Gasteiger partial charge in [-0.2, -0.15) is 0 Å². The Morgan fingerprint density at radius 3 is 2.80 bits per heavy atom. The Balaban J connectivity index is 1.84. The van der Waals surface area contributed by atoms with Crippen LogP contribution in [-0.2, 0) is 11.2 Å². The van der Waals surface area contributed by atoms with E-state index in [1.54, 1.807) is 11.1 Å². The molecule has 110 valence electrons. The number of nitrogens with one attached hydrogen (secondary N) is 1. The summed E-state index contributed by atoms with van der Waals surface area (Å²) < 4.78 is 5.56. The van der Waals surface area contributed by atoms with Crippen molar-refractivity contribution < 1.29 is 4.74 Å². The Morgan fingerprint density at radius 2 is 2.00 bits per heavy atom. The van der Waals surface area contributed by atoms with E-state index in [2.05, 4.69) is 36.5 Å². The third-order valence-electron chi connectivity index (χ3n) is 5.06. The summed E-state index contributed by atoms with van der Waals surface area (Å²) in [5.74, 6) is 1.47. The molecule has 2 nitrogen and oxygen atoms in total. The average Bonchev–Trinajstić information content (AvgIpc) is 2.53. The first-order valence-electron chi connectivity index (χ1n) is 8.29. The Morgan fingerprint density at radius 1 is 1.20 bits per heavy atom. The molecule has 1 aliphatic carbocycles. The fourth-order valence-corrected chi connectivity index (χ4v) is 4.11. The molecule has 1 fully saturated rings. The van der Waals surface area contributed by atoms with Crippen LogP contribution in [0, 0.1) is 5.92 Å². The molecule has 2 heteroatoms. The molecular formula is C18H27NO. The number of rotatable bonds is 4. The minimum absolute atomic E-state index is 0.630. The zero-order valence-corrected chi connectivity index (χ0v) is 12.6. The van der Waals surface area contributed by atoms with Crippen molar-refractivity contribution in [3.05, 3.63) is 35.4 Å². The largest absolute Gasteiger partial charge is 0.381 e. The molecule has 2 unspecified atom stereocenters. The second kappa shape index (κ2) is 6.73. The summed E-state index contributed by atoms with van der Waals surface area (Å²) >= 11 is 0. The van der Waals surface area contributed by atoms with Gasteiger partial charge in [-0.1, -0.05) is 31.2 Å². The molecule has 0 amide bonds. The molecule has 1 N–H and O–H groups in total. The Kier molecular flexibility index (Phi) is 4.74. The van der Waals surface area contributed by atoms with Crippen molar-refractivity contribution in [2.45, 2.75) is 51.0 Å². The zero-order chi connectivity index (χ0) is 13.8. The number of hydrogen-bond donors (Lipinski definition) is 1. The Labute approximate surface area is 122 Å². The minimum Gasteiger partial charge on any atom is -0.381 e. The summed E-state index contributed by atoms with van der Waals surface area (Å²) in [5.41, 5.74) is 3.19. The highest BCUT2D eigenvalue weighted by atomic mass is 16.5. The molecular weight excluding hydrogens is 246 g/mol. The standard InChI is InChI=1S/C18H27NO/c1-2-19-18(15-10-12-20-13-11-15)17-9-5-7-14-6-3-4-8-16(14)17/h3-4,6,8,15,17-19H,2,5,7,9-13H2,1H3. The van der Waals surface area contributed by atoms with Crippen LogP contribution in [0.25, 0.3) is 0 Å². The van der Waals surface area contributed by atoms with E-state index >= 15 is 0 Å². The Bertz CT molecular complexity index is 425. The van der Waals surface area contributed by atoms with Crippen molar-refractivity contribution >= 4 is 0 Å². The van der Waals surface area contributed by atoms with Gasteiger partial charge in [0.15, 0.2) is 0 Å². The van der Waals surface area contributed by atoms with Crippen molar-refractivity contribution in [3.63, 3.8) is 0 Å². The first kappa shape index (κ1) is 14.1. The number of likely N-dealkylation sites (N-methyl/N-ethyl adjacent to an activating group) is 1. The molecule has 1 aliphatic heterocycles. The monoisotopic (exact) mass is 273 g/mol. The topological polar surface area (TPSA) is 21.3 Å². The second-order valence-electron chi connectivity index (χ2n) is 6.23. The highest BCUT2D eigenvalue weighted by Gasteiger charge is 2.33. The predicted octanol–water partition coefficient (Wildman–Crippen LogP) is 3.51. The van der Waals surface area contributed by atoms with Crippen LogP contribution in [0.15, 0.2) is 24.3 Å². The van der Waals surface area contributed by atoms with E-state index in [4.69, 9.17) is 4.74 Å². The first-order valence-corrected chi connectivity index (χ1v) is 8.29. The number of hydrogen-bond acceptors (Lipinski definition) is 2. The van der Waals surface area contributed by atoms with Crippen molar-refractivity contribution in [2.75, 3.05) is 19.8 Å². The normalized spacial score (nSPS) is 25.1. The molecule has 1 saturated heterocycles. The fraction of sp³-hybridized carbons (Fsp3) is 0.667. The number of benzene rings is 1. The van der Waals surface area contributed by atoms with Gasteiger partial charge in [-0.05, 0) is 61.6 Å². The van der Waals surface area contributed by atoms with E-state index in [9.17, 15) is 0 Å². The molecule has 1 aromatic rings. The van der Waals surface area contributed by atoms with E-state index in [1.807, 2.05) is 0 Å². The average molecular weight is 273 g/mol. The van der Waals surface area contributed by atoms with E-state index < -0.39 is 0 Å². The lowest BCUT2D eigenvalue weighted by molar-refractivity contribution is 0.0490. The van der Waals surface area contributed by atoms with Gasteiger partial charge < -0.3 is 10.1 Å². The SMILES string of the molecule is CCNC(C1CCOCC1)C1CCCc2ccccc21. The molecule has 0 bridgehead atoms. The maximum absolute atomic E-state index is 5.56. The molecule has 0 saturated carbocycles. The number of aryl methyl sites for hydroxylation is 1. The summed E-state index contributed by atoms with van der Waals surface area (Å²) in [6, 6.07) is 9.73. The maximum atomic E-state index is 5.56. The highest BCUT2D eigenvalue weighted by Crippen LogP contribution is 2.38. The molecule has 2 atom stereocenters. The molecule has 1 heterocycles. The molecule has 1 aromatic carbocycles. The van der Waals surface area contributed by atoms with Crippen LogP contribution in [-0.4, -0.2) is 25.8 Å². The third kappa shape index (κ3) is 2.91. The van der Waals surface area contributed by atoms with E-state index in [0.717, 1.165) is 25.7 Å². The van der Waals surface area contributed by atoms with Crippen molar-refractivity contribution in [2.24, 2.45) is 5.92 Å². The molecule has 0 radical (unpaired) electrons. The maximum Gasteiger partial charge on any atom is 0.0469 e. The van der Waals surface area contributed by atoms with Crippen molar-refractivity contribution in [3.8, 4) is 0 Å². The van der Waals surface area contributed by atoms with Gasteiger partial charge in [0.25, 0.3) is 0 Å². The smallest absolute Gasteiger partial charge is 0.0469 e. The van der Waals surface area contributed by atoms with Crippen LogP contribution in [0.2, 0.25) is 0 Å². The first-order chi connectivity index (χ1) is 9.90. The molecule has 2 aliphatic rings. The number of ether oxygens (including phenoxy) is 1. The van der Waals surface area contributed by atoms with Gasteiger partial charge >= 0.3 is 0 Å². The van der Waals surface area contributed by atoms with Crippen LogP contribution in [0.1, 0.15) is 49.7 Å². The lowest BCUT2D eigenvalue weighted by Gasteiger charge is -2.39. The summed E-state index contributed by atoms with van der Waals surface area (Å²) in [7, 11) is 0. The third-order valence-corrected chi connectivity index (χ3v) is 5.06. The van der Waals surface area contributed by atoms with Gasteiger partial charge in [0, 0.05) is 19.3 Å². The summed E-state index contributed by atoms with van der Waals surface area (Å²) in [4.78, 5) is 0. The Hall–Kier alpha value is -0.860. The van der Waals surface area contributed by atoms with Crippen LogP contribution in [0.4, 0.5) is 0 Å². The summed E-state index contributed by atoms with van der Waals surface area (Å²) in [5, 5.41) is 3.81.